The lowest BCUT2D eigenvalue weighted by molar-refractivity contribution is -0.130. The van der Waals surface area contributed by atoms with Crippen LogP contribution < -0.4 is 10.2 Å². The van der Waals surface area contributed by atoms with Crippen molar-refractivity contribution in [2.45, 2.75) is 13.3 Å². The van der Waals surface area contributed by atoms with Gasteiger partial charge in [0.05, 0.1) is 6.42 Å². The standard InChI is InChI=1S/C19H22N4O2/c1-15(24)21-17-7-5-16(6-8-17)14-19(25)23-12-10-22(11-13-23)18-4-2-3-9-20-18/h2-9H,10-14H2,1H3,(H,21,24). The zero-order chi connectivity index (χ0) is 17.6. The average molecular weight is 338 g/mol. The van der Waals surface area contributed by atoms with Gasteiger partial charge in [-0.05, 0) is 29.8 Å². The van der Waals surface area contributed by atoms with E-state index in [0.717, 1.165) is 30.2 Å². The van der Waals surface area contributed by atoms with E-state index in [1.165, 1.54) is 6.92 Å². The van der Waals surface area contributed by atoms with Gasteiger partial charge in [-0.2, -0.15) is 0 Å². The Hall–Kier alpha value is -2.89. The van der Waals surface area contributed by atoms with Crippen LogP contribution in [-0.2, 0) is 16.0 Å². The summed E-state index contributed by atoms with van der Waals surface area (Å²) in [5, 5.41) is 2.72. The number of nitrogens with zero attached hydrogens (tertiary/aromatic N) is 3. The van der Waals surface area contributed by atoms with Crippen LogP contribution >= 0.6 is 0 Å². The highest BCUT2D eigenvalue weighted by Gasteiger charge is 2.21. The lowest BCUT2D eigenvalue weighted by Gasteiger charge is -2.35. The zero-order valence-corrected chi connectivity index (χ0v) is 14.3. The van der Waals surface area contributed by atoms with Gasteiger partial charge >= 0.3 is 0 Å². The number of carbonyl (C=O) groups excluding carboxylic acids is 2. The number of piperazine rings is 1. The van der Waals surface area contributed by atoms with Gasteiger partial charge in [0.1, 0.15) is 5.82 Å². The number of amides is 2. The van der Waals surface area contributed by atoms with Crippen molar-refractivity contribution >= 4 is 23.3 Å². The Balaban J connectivity index is 1.52. The highest BCUT2D eigenvalue weighted by molar-refractivity contribution is 5.88. The molecular weight excluding hydrogens is 316 g/mol. The van der Waals surface area contributed by atoms with Crippen molar-refractivity contribution < 1.29 is 9.59 Å². The molecular formula is C19H22N4O2. The molecule has 1 aliphatic heterocycles. The molecule has 1 saturated heterocycles. The third kappa shape index (κ3) is 4.56. The first-order valence-corrected chi connectivity index (χ1v) is 8.42. The number of hydrogen-bond acceptors (Lipinski definition) is 4. The highest BCUT2D eigenvalue weighted by atomic mass is 16.2. The van der Waals surface area contributed by atoms with E-state index in [2.05, 4.69) is 15.2 Å². The fourth-order valence-electron chi connectivity index (χ4n) is 2.92. The van der Waals surface area contributed by atoms with Crippen LogP contribution in [0.5, 0.6) is 0 Å². The largest absolute Gasteiger partial charge is 0.353 e. The molecule has 0 spiro atoms. The molecule has 0 bridgehead atoms. The van der Waals surface area contributed by atoms with Gasteiger partial charge in [-0.25, -0.2) is 4.98 Å². The number of aromatic nitrogens is 1. The van der Waals surface area contributed by atoms with Crippen LogP contribution in [-0.4, -0.2) is 47.9 Å². The highest BCUT2D eigenvalue weighted by Crippen LogP contribution is 2.14. The molecule has 2 amide bonds. The van der Waals surface area contributed by atoms with Crippen molar-refractivity contribution in [2.24, 2.45) is 0 Å². The summed E-state index contributed by atoms with van der Waals surface area (Å²) >= 11 is 0. The van der Waals surface area contributed by atoms with Gasteiger partial charge in [-0.15, -0.1) is 0 Å². The Morgan fingerprint density at radius 1 is 1.04 bits per heavy atom. The number of hydrogen-bond donors (Lipinski definition) is 1. The molecule has 2 aromatic rings. The van der Waals surface area contributed by atoms with E-state index in [1.807, 2.05) is 47.4 Å². The zero-order valence-electron chi connectivity index (χ0n) is 14.3. The molecule has 1 N–H and O–H groups in total. The van der Waals surface area contributed by atoms with E-state index in [0.29, 0.717) is 19.5 Å². The van der Waals surface area contributed by atoms with Crippen molar-refractivity contribution in [1.82, 2.24) is 9.88 Å². The molecule has 1 fully saturated rings. The summed E-state index contributed by atoms with van der Waals surface area (Å²) in [4.78, 5) is 32.0. The summed E-state index contributed by atoms with van der Waals surface area (Å²) in [6, 6.07) is 13.3. The fraction of sp³-hybridized carbons (Fsp3) is 0.316. The third-order valence-electron chi connectivity index (χ3n) is 4.24. The molecule has 2 heterocycles. The number of benzene rings is 1. The monoisotopic (exact) mass is 338 g/mol. The minimum atomic E-state index is -0.102. The molecule has 0 aliphatic carbocycles. The first-order chi connectivity index (χ1) is 12.1. The maximum atomic E-state index is 12.5. The second kappa shape index (κ2) is 7.79. The van der Waals surface area contributed by atoms with Crippen molar-refractivity contribution in [3.05, 3.63) is 54.2 Å². The topological polar surface area (TPSA) is 65.5 Å². The van der Waals surface area contributed by atoms with Crippen LogP contribution in [0, 0.1) is 0 Å². The van der Waals surface area contributed by atoms with Crippen LogP contribution in [0.1, 0.15) is 12.5 Å². The number of anilines is 2. The summed E-state index contributed by atoms with van der Waals surface area (Å²) in [5.41, 5.74) is 1.69. The Kier molecular flexibility index (Phi) is 5.28. The van der Waals surface area contributed by atoms with Crippen LogP contribution in [0.2, 0.25) is 0 Å². The van der Waals surface area contributed by atoms with Crippen LogP contribution in [0.25, 0.3) is 0 Å². The Morgan fingerprint density at radius 3 is 2.36 bits per heavy atom. The van der Waals surface area contributed by atoms with Gasteiger partial charge < -0.3 is 15.1 Å². The molecule has 1 aliphatic rings. The van der Waals surface area contributed by atoms with Gasteiger partial charge in [0.25, 0.3) is 0 Å². The second-order valence-corrected chi connectivity index (χ2v) is 6.11. The molecule has 3 rings (SSSR count). The van der Waals surface area contributed by atoms with Crippen molar-refractivity contribution in [3.63, 3.8) is 0 Å². The van der Waals surface area contributed by atoms with Gasteiger partial charge in [0, 0.05) is 45.0 Å². The van der Waals surface area contributed by atoms with Crippen molar-refractivity contribution in [2.75, 3.05) is 36.4 Å². The minimum absolute atomic E-state index is 0.102. The quantitative estimate of drug-likeness (QED) is 0.925. The maximum Gasteiger partial charge on any atom is 0.227 e. The minimum Gasteiger partial charge on any atom is -0.353 e. The summed E-state index contributed by atoms with van der Waals surface area (Å²) in [6.45, 7) is 4.48. The summed E-state index contributed by atoms with van der Waals surface area (Å²) in [6.07, 6.45) is 2.17. The Bertz CT molecular complexity index is 723. The predicted octanol–water partition coefficient (Wildman–Crippen LogP) is 1.93. The van der Waals surface area contributed by atoms with Gasteiger partial charge in [-0.3, -0.25) is 9.59 Å². The van der Waals surface area contributed by atoms with E-state index < -0.39 is 0 Å². The fourth-order valence-corrected chi connectivity index (χ4v) is 2.92. The van der Waals surface area contributed by atoms with E-state index in [9.17, 15) is 9.59 Å². The lowest BCUT2D eigenvalue weighted by Crippen LogP contribution is -2.49. The van der Waals surface area contributed by atoms with Crippen molar-refractivity contribution in [3.8, 4) is 0 Å². The SMILES string of the molecule is CC(=O)Nc1ccc(CC(=O)N2CCN(c3ccccn3)CC2)cc1. The molecule has 0 atom stereocenters. The van der Waals surface area contributed by atoms with E-state index in [4.69, 9.17) is 0 Å². The predicted molar refractivity (Wildman–Crippen MR) is 97.5 cm³/mol. The molecule has 0 unspecified atom stereocenters. The first-order valence-electron chi connectivity index (χ1n) is 8.42. The van der Waals surface area contributed by atoms with E-state index >= 15 is 0 Å². The Labute approximate surface area is 147 Å². The molecule has 130 valence electrons. The number of carbonyl (C=O) groups is 2. The van der Waals surface area contributed by atoms with E-state index in [-0.39, 0.29) is 11.8 Å². The molecule has 6 nitrogen and oxygen atoms in total. The summed E-state index contributed by atoms with van der Waals surface area (Å²) < 4.78 is 0. The van der Waals surface area contributed by atoms with Gasteiger partial charge in [-0.1, -0.05) is 18.2 Å². The first kappa shape index (κ1) is 17.0. The van der Waals surface area contributed by atoms with Crippen LogP contribution in [0.4, 0.5) is 11.5 Å². The number of rotatable bonds is 4. The molecule has 1 aromatic heterocycles. The maximum absolute atomic E-state index is 12.5. The Morgan fingerprint density at radius 2 is 1.76 bits per heavy atom. The summed E-state index contributed by atoms with van der Waals surface area (Å²) in [5.74, 6) is 0.991. The van der Waals surface area contributed by atoms with Crippen LogP contribution in [0.15, 0.2) is 48.7 Å². The van der Waals surface area contributed by atoms with Gasteiger partial charge in [0.2, 0.25) is 11.8 Å². The molecule has 1 aromatic carbocycles. The summed E-state index contributed by atoms with van der Waals surface area (Å²) in [7, 11) is 0. The van der Waals surface area contributed by atoms with Crippen molar-refractivity contribution in [1.29, 1.82) is 0 Å². The lowest BCUT2D eigenvalue weighted by atomic mass is 10.1. The average Bonchev–Trinajstić information content (AvgIpc) is 2.64. The third-order valence-corrected chi connectivity index (χ3v) is 4.24. The second-order valence-electron chi connectivity index (χ2n) is 6.11. The normalized spacial score (nSPS) is 14.3. The van der Waals surface area contributed by atoms with Gasteiger partial charge in [0.15, 0.2) is 0 Å². The number of pyridine rings is 1. The molecule has 0 saturated carbocycles. The molecule has 0 radical (unpaired) electrons. The smallest absolute Gasteiger partial charge is 0.227 e. The number of nitrogens with one attached hydrogen (secondary N) is 1. The van der Waals surface area contributed by atoms with Crippen LogP contribution in [0.3, 0.4) is 0 Å². The molecule has 25 heavy (non-hydrogen) atoms. The molecule has 6 heteroatoms. The van der Waals surface area contributed by atoms with E-state index in [1.54, 1.807) is 6.20 Å².